The number of aromatic nitrogens is 1. The van der Waals surface area contributed by atoms with Gasteiger partial charge < -0.3 is 15.0 Å². The van der Waals surface area contributed by atoms with Crippen LogP contribution in [0.1, 0.15) is 31.2 Å². The van der Waals surface area contributed by atoms with Crippen molar-refractivity contribution in [1.29, 1.82) is 0 Å². The first-order valence-electron chi connectivity index (χ1n) is 10.3. The maximum absolute atomic E-state index is 13.4. The minimum atomic E-state index is -0.370. The normalized spacial score (nSPS) is 18.0. The van der Waals surface area contributed by atoms with Crippen LogP contribution in [-0.2, 0) is 6.54 Å². The zero-order valence-corrected chi connectivity index (χ0v) is 16.5. The summed E-state index contributed by atoms with van der Waals surface area (Å²) in [6.45, 7) is 3.70. The van der Waals surface area contributed by atoms with Crippen LogP contribution in [0.4, 0.5) is 9.18 Å². The molecule has 0 unspecified atom stereocenters. The molecule has 6 nitrogen and oxygen atoms in total. The number of urea groups is 1. The zero-order valence-electron chi connectivity index (χ0n) is 16.5. The SMILES string of the molecule is O=C(NCc1cccnc1Oc1cccc(F)c1)N1CCN(C2CCCC2)CC1. The van der Waals surface area contributed by atoms with E-state index in [9.17, 15) is 9.18 Å². The smallest absolute Gasteiger partial charge is 0.317 e. The average Bonchev–Trinajstić information content (AvgIpc) is 3.28. The van der Waals surface area contributed by atoms with Gasteiger partial charge in [0.2, 0.25) is 5.88 Å². The number of halogens is 1. The third kappa shape index (κ3) is 5.03. The highest BCUT2D eigenvalue weighted by Gasteiger charge is 2.27. The Morgan fingerprint density at radius 1 is 1.14 bits per heavy atom. The number of carbonyl (C=O) groups excluding carboxylic acids is 1. The summed E-state index contributed by atoms with van der Waals surface area (Å²) < 4.78 is 19.1. The minimum absolute atomic E-state index is 0.0726. The lowest BCUT2D eigenvalue weighted by Crippen LogP contribution is -2.53. The van der Waals surface area contributed by atoms with E-state index in [0.29, 0.717) is 24.2 Å². The van der Waals surface area contributed by atoms with Gasteiger partial charge in [0.15, 0.2) is 0 Å². The van der Waals surface area contributed by atoms with Crippen LogP contribution < -0.4 is 10.1 Å². The highest BCUT2D eigenvalue weighted by Crippen LogP contribution is 2.25. The van der Waals surface area contributed by atoms with Gasteiger partial charge >= 0.3 is 6.03 Å². The third-order valence-electron chi connectivity index (χ3n) is 5.73. The van der Waals surface area contributed by atoms with Crippen LogP contribution in [0.2, 0.25) is 0 Å². The zero-order chi connectivity index (χ0) is 20.1. The molecule has 1 aliphatic heterocycles. The summed E-state index contributed by atoms with van der Waals surface area (Å²) in [5.74, 6) is 0.369. The monoisotopic (exact) mass is 398 g/mol. The maximum Gasteiger partial charge on any atom is 0.317 e. The van der Waals surface area contributed by atoms with Crippen LogP contribution >= 0.6 is 0 Å². The summed E-state index contributed by atoms with van der Waals surface area (Å²) in [4.78, 5) is 21.2. The first-order chi connectivity index (χ1) is 14.2. The molecule has 2 fully saturated rings. The predicted molar refractivity (Wildman–Crippen MR) is 108 cm³/mol. The Bertz CT molecular complexity index is 833. The Morgan fingerprint density at radius 2 is 1.93 bits per heavy atom. The number of nitrogens with one attached hydrogen (secondary N) is 1. The summed E-state index contributed by atoms with van der Waals surface area (Å²) in [5, 5.41) is 2.97. The fourth-order valence-electron chi connectivity index (χ4n) is 4.13. The molecule has 1 aromatic carbocycles. The molecule has 0 bridgehead atoms. The van der Waals surface area contributed by atoms with Gasteiger partial charge in [0, 0.05) is 56.6 Å². The van der Waals surface area contributed by atoms with Crippen molar-refractivity contribution in [1.82, 2.24) is 20.1 Å². The molecule has 7 heteroatoms. The molecule has 1 saturated carbocycles. The number of nitrogens with zero attached hydrogens (tertiary/aromatic N) is 3. The van der Waals surface area contributed by atoms with E-state index in [0.717, 1.165) is 31.7 Å². The summed E-state index contributed by atoms with van der Waals surface area (Å²) in [6.07, 6.45) is 6.86. The molecule has 2 amide bonds. The molecule has 2 aliphatic rings. The average molecular weight is 398 g/mol. The van der Waals surface area contributed by atoms with Crippen LogP contribution in [0.3, 0.4) is 0 Å². The fraction of sp³-hybridized carbons (Fsp3) is 0.455. The number of amides is 2. The molecule has 0 spiro atoms. The van der Waals surface area contributed by atoms with Crippen molar-refractivity contribution in [2.75, 3.05) is 26.2 Å². The number of pyridine rings is 1. The summed E-state index contributed by atoms with van der Waals surface area (Å²) in [7, 11) is 0. The topological polar surface area (TPSA) is 57.7 Å². The number of hydrogen-bond donors (Lipinski definition) is 1. The van der Waals surface area contributed by atoms with E-state index in [1.54, 1.807) is 24.4 Å². The molecular formula is C22H27FN4O2. The maximum atomic E-state index is 13.4. The predicted octanol–water partition coefficient (Wildman–Crippen LogP) is 3.78. The second-order valence-electron chi connectivity index (χ2n) is 7.65. The molecule has 0 atom stereocenters. The molecule has 0 radical (unpaired) electrons. The van der Waals surface area contributed by atoms with E-state index in [4.69, 9.17) is 4.74 Å². The van der Waals surface area contributed by atoms with Crippen LogP contribution in [0.5, 0.6) is 11.6 Å². The molecule has 4 rings (SSSR count). The lowest BCUT2D eigenvalue weighted by atomic mass is 10.2. The first kappa shape index (κ1) is 19.6. The molecule has 1 N–H and O–H groups in total. The molecule has 2 aromatic rings. The van der Waals surface area contributed by atoms with Crippen LogP contribution in [0, 0.1) is 5.82 Å². The van der Waals surface area contributed by atoms with Crippen molar-refractivity contribution < 1.29 is 13.9 Å². The van der Waals surface area contributed by atoms with Gasteiger partial charge in [0.1, 0.15) is 11.6 Å². The molecule has 29 heavy (non-hydrogen) atoms. The van der Waals surface area contributed by atoms with Gasteiger partial charge in [0.05, 0.1) is 0 Å². The highest BCUT2D eigenvalue weighted by atomic mass is 19.1. The number of piperazine rings is 1. The van der Waals surface area contributed by atoms with E-state index in [-0.39, 0.29) is 11.8 Å². The molecule has 1 aliphatic carbocycles. The largest absolute Gasteiger partial charge is 0.439 e. The van der Waals surface area contributed by atoms with Crippen LogP contribution in [-0.4, -0.2) is 53.0 Å². The van der Waals surface area contributed by atoms with Crippen LogP contribution in [0.25, 0.3) is 0 Å². The second kappa shape index (κ2) is 9.22. The Balaban J connectivity index is 1.30. The first-order valence-corrected chi connectivity index (χ1v) is 10.3. The standard InChI is InChI=1S/C22H27FN4O2/c23-18-6-3-9-20(15-18)29-21-17(5-4-10-24-21)16-25-22(28)27-13-11-26(12-14-27)19-7-1-2-8-19/h3-6,9-10,15,19H,1-2,7-8,11-14,16H2,(H,25,28). The summed E-state index contributed by atoms with van der Waals surface area (Å²) in [5.41, 5.74) is 0.745. The van der Waals surface area contributed by atoms with E-state index >= 15 is 0 Å². The number of rotatable bonds is 5. The van der Waals surface area contributed by atoms with Gasteiger partial charge in [-0.05, 0) is 31.0 Å². The number of benzene rings is 1. The molecular weight excluding hydrogens is 371 g/mol. The molecule has 154 valence electrons. The van der Waals surface area contributed by atoms with Crippen molar-refractivity contribution in [2.24, 2.45) is 0 Å². The Hall–Kier alpha value is -2.67. The number of ether oxygens (including phenoxy) is 1. The fourth-order valence-corrected chi connectivity index (χ4v) is 4.13. The lowest BCUT2D eigenvalue weighted by Gasteiger charge is -2.38. The van der Waals surface area contributed by atoms with Gasteiger partial charge in [-0.3, -0.25) is 4.90 Å². The Kier molecular flexibility index (Phi) is 6.24. The van der Waals surface area contributed by atoms with E-state index in [1.807, 2.05) is 11.0 Å². The second-order valence-corrected chi connectivity index (χ2v) is 7.65. The van der Waals surface area contributed by atoms with Crippen molar-refractivity contribution in [3.05, 3.63) is 54.0 Å². The van der Waals surface area contributed by atoms with E-state index in [2.05, 4.69) is 15.2 Å². The number of carbonyl (C=O) groups is 1. The van der Waals surface area contributed by atoms with Gasteiger partial charge in [-0.2, -0.15) is 0 Å². The molecule has 1 aromatic heterocycles. The van der Waals surface area contributed by atoms with E-state index in [1.165, 1.54) is 37.8 Å². The summed E-state index contributed by atoms with van der Waals surface area (Å²) >= 11 is 0. The number of hydrogen-bond acceptors (Lipinski definition) is 4. The van der Waals surface area contributed by atoms with Gasteiger partial charge in [0.25, 0.3) is 0 Å². The van der Waals surface area contributed by atoms with Gasteiger partial charge in [-0.15, -0.1) is 0 Å². The third-order valence-corrected chi connectivity index (χ3v) is 5.73. The van der Waals surface area contributed by atoms with Crippen LogP contribution in [0.15, 0.2) is 42.6 Å². The Labute approximate surface area is 170 Å². The van der Waals surface area contributed by atoms with Crippen molar-refractivity contribution in [3.63, 3.8) is 0 Å². The molecule has 2 heterocycles. The lowest BCUT2D eigenvalue weighted by molar-refractivity contribution is 0.109. The van der Waals surface area contributed by atoms with Crippen molar-refractivity contribution in [3.8, 4) is 11.6 Å². The highest BCUT2D eigenvalue weighted by molar-refractivity contribution is 5.74. The van der Waals surface area contributed by atoms with E-state index < -0.39 is 0 Å². The van der Waals surface area contributed by atoms with Crippen molar-refractivity contribution >= 4 is 6.03 Å². The Morgan fingerprint density at radius 3 is 2.69 bits per heavy atom. The van der Waals surface area contributed by atoms with Gasteiger partial charge in [-0.1, -0.05) is 25.0 Å². The van der Waals surface area contributed by atoms with Gasteiger partial charge in [-0.25, -0.2) is 14.2 Å². The molecule has 1 saturated heterocycles. The van der Waals surface area contributed by atoms with Crippen molar-refractivity contribution in [2.45, 2.75) is 38.3 Å². The summed E-state index contributed by atoms with van der Waals surface area (Å²) in [6, 6.07) is 10.2. The quantitative estimate of drug-likeness (QED) is 0.833. The minimum Gasteiger partial charge on any atom is -0.439 e.